The third kappa shape index (κ3) is 2.58. The van der Waals surface area contributed by atoms with E-state index in [1.165, 1.54) is 0 Å². The van der Waals surface area contributed by atoms with Crippen molar-refractivity contribution in [3.05, 3.63) is 40.2 Å². The number of amides is 1. The van der Waals surface area contributed by atoms with Crippen LogP contribution in [0.1, 0.15) is 12.2 Å². The monoisotopic (exact) mass is 288 g/mol. The summed E-state index contributed by atoms with van der Waals surface area (Å²) in [7, 11) is 0. The summed E-state index contributed by atoms with van der Waals surface area (Å²) in [6.07, 6.45) is 0.353. The van der Waals surface area contributed by atoms with Crippen molar-refractivity contribution < 1.29 is 9.72 Å². The zero-order valence-corrected chi connectivity index (χ0v) is 11.7. The van der Waals surface area contributed by atoms with Crippen molar-refractivity contribution in [3.8, 4) is 0 Å². The molecule has 0 unspecified atom stereocenters. The minimum atomic E-state index is -0.694. The Labute approximate surface area is 121 Å². The first-order valence-electron chi connectivity index (χ1n) is 6.91. The molecule has 2 aromatic rings. The highest BCUT2D eigenvalue weighted by Gasteiger charge is 2.53. The molecule has 0 saturated heterocycles. The first-order valence-corrected chi connectivity index (χ1v) is 6.91. The van der Waals surface area contributed by atoms with Crippen LogP contribution in [0.2, 0.25) is 0 Å². The smallest absolute Gasteiger partial charge is 0.230 e. The van der Waals surface area contributed by atoms with Crippen molar-refractivity contribution >= 4 is 16.9 Å². The van der Waals surface area contributed by atoms with Gasteiger partial charge in [-0.25, -0.2) is 4.98 Å². The van der Waals surface area contributed by atoms with Gasteiger partial charge in [0.05, 0.1) is 11.0 Å². The van der Waals surface area contributed by atoms with Crippen LogP contribution in [0.4, 0.5) is 0 Å². The Kier molecular flexibility index (Phi) is 3.32. The lowest BCUT2D eigenvalue weighted by molar-refractivity contribution is -0.497. The van der Waals surface area contributed by atoms with Crippen LogP contribution in [0.15, 0.2) is 24.3 Å². The predicted octanol–water partition coefficient (Wildman–Crippen LogP) is 1.13. The number of nitro groups is 1. The highest BCUT2D eigenvalue weighted by molar-refractivity contribution is 5.82. The van der Waals surface area contributed by atoms with E-state index in [4.69, 9.17) is 0 Å². The first kappa shape index (κ1) is 13.5. The van der Waals surface area contributed by atoms with E-state index in [2.05, 4.69) is 10.3 Å². The van der Waals surface area contributed by atoms with Crippen molar-refractivity contribution in [2.75, 3.05) is 6.54 Å². The number of carbonyl (C=O) groups is 1. The summed E-state index contributed by atoms with van der Waals surface area (Å²) in [5.41, 5.74) is 1.95. The molecular weight excluding hydrogens is 272 g/mol. The first-order chi connectivity index (χ1) is 10.1. The minimum absolute atomic E-state index is 0.223. The molecule has 0 radical (unpaired) electrons. The number of imidazole rings is 1. The summed E-state index contributed by atoms with van der Waals surface area (Å²) in [6.45, 7) is 2.97. The van der Waals surface area contributed by atoms with Crippen molar-refractivity contribution in [2.24, 2.45) is 5.92 Å². The van der Waals surface area contributed by atoms with Crippen molar-refractivity contribution in [1.82, 2.24) is 14.9 Å². The second kappa shape index (κ2) is 5.16. The average molecular weight is 288 g/mol. The zero-order chi connectivity index (χ0) is 15.0. The number of aromatic nitrogens is 2. The Morgan fingerprint density at radius 3 is 3.00 bits per heavy atom. The van der Waals surface area contributed by atoms with Gasteiger partial charge in [-0.1, -0.05) is 12.1 Å². The van der Waals surface area contributed by atoms with E-state index in [1.807, 2.05) is 35.8 Å². The molecule has 0 aliphatic heterocycles. The summed E-state index contributed by atoms with van der Waals surface area (Å²) in [5.74, 6) is 0.208. The molecule has 1 fully saturated rings. The third-order valence-corrected chi connectivity index (χ3v) is 3.84. The van der Waals surface area contributed by atoms with Crippen LogP contribution in [0, 0.1) is 23.0 Å². The van der Waals surface area contributed by atoms with Gasteiger partial charge in [-0.05, 0) is 19.1 Å². The van der Waals surface area contributed by atoms with E-state index in [0.717, 1.165) is 16.9 Å². The molecule has 7 heteroatoms. The molecular formula is C14H16N4O3. The molecule has 1 amide bonds. The molecule has 110 valence electrons. The molecule has 1 aromatic carbocycles. The van der Waals surface area contributed by atoms with Gasteiger partial charge in [0.15, 0.2) is 0 Å². The molecule has 7 nitrogen and oxygen atoms in total. The fraction of sp³-hybridized carbons (Fsp3) is 0.429. The number of para-hydroxylation sites is 2. The summed E-state index contributed by atoms with van der Waals surface area (Å²) >= 11 is 0. The standard InChI is InChI=1S/C14H16N4O3/c1-9-16-11-4-2-3-5-12(11)17(9)7-6-15-14(19)10-8-13(10)18(20)21/h2-5,10,13H,6-8H2,1H3,(H,15,19)/t10-,13-/m1/s1. The van der Waals surface area contributed by atoms with Crippen molar-refractivity contribution in [1.29, 1.82) is 0 Å². The van der Waals surface area contributed by atoms with Gasteiger partial charge in [-0.3, -0.25) is 14.9 Å². The lowest BCUT2D eigenvalue weighted by Crippen LogP contribution is -2.30. The van der Waals surface area contributed by atoms with Gasteiger partial charge in [0.1, 0.15) is 11.7 Å². The number of hydrogen-bond donors (Lipinski definition) is 1. The van der Waals surface area contributed by atoms with Gasteiger partial charge >= 0.3 is 0 Å². The van der Waals surface area contributed by atoms with Crippen LogP contribution >= 0.6 is 0 Å². The molecule has 21 heavy (non-hydrogen) atoms. The largest absolute Gasteiger partial charge is 0.354 e. The second-order valence-electron chi connectivity index (χ2n) is 5.29. The molecule has 3 rings (SSSR count). The highest BCUT2D eigenvalue weighted by Crippen LogP contribution is 2.32. The molecule has 0 bridgehead atoms. The zero-order valence-electron chi connectivity index (χ0n) is 11.7. The van der Waals surface area contributed by atoms with Gasteiger partial charge in [-0.2, -0.15) is 0 Å². The van der Waals surface area contributed by atoms with E-state index in [0.29, 0.717) is 19.5 Å². The van der Waals surface area contributed by atoms with Crippen molar-refractivity contribution in [2.45, 2.75) is 25.9 Å². The van der Waals surface area contributed by atoms with E-state index in [9.17, 15) is 14.9 Å². The Bertz CT molecular complexity index is 709. The maximum Gasteiger partial charge on any atom is 0.230 e. The van der Waals surface area contributed by atoms with E-state index < -0.39 is 12.0 Å². The summed E-state index contributed by atoms with van der Waals surface area (Å²) < 4.78 is 2.04. The second-order valence-corrected chi connectivity index (χ2v) is 5.29. The quantitative estimate of drug-likeness (QED) is 0.659. The molecule has 1 aromatic heterocycles. The molecule has 0 spiro atoms. The number of rotatable bonds is 5. The van der Waals surface area contributed by atoms with Crippen LogP contribution in [0.5, 0.6) is 0 Å². The molecule has 1 N–H and O–H groups in total. The Morgan fingerprint density at radius 2 is 2.29 bits per heavy atom. The van der Waals surface area contributed by atoms with E-state index >= 15 is 0 Å². The minimum Gasteiger partial charge on any atom is -0.354 e. The maximum atomic E-state index is 11.8. The number of nitrogens with zero attached hydrogens (tertiary/aromatic N) is 3. The van der Waals surface area contributed by atoms with Crippen molar-refractivity contribution in [3.63, 3.8) is 0 Å². The lowest BCUT2D eigenvalue weighted by Gasteiger charge is -2.08. The van der Waals surface area contributed by atoms with E-state index in [-0.39, 0.29) is 10.8 Å². The Balaban J connectivity index is 1.59. The highest BCUT2D eigenvalue weighted by atomic mass is 16.6. The lowest BCUT2D eigenvalue weighted by atomic mass is 10.3. The van der Waals surface area contributed by atoms with Gasteiger partial charge in [0, 0.05) is 24.4 Å². The van der Waals surface area contributed by atoms with Crippen LogP contribution in [-0.2, 0) is 11.3 Å². The van der Waals surface area contributed by atoms with Crippen LogP contribution < -0.4 is 5.32 Å². The predicted molar refractivity (Wildman–Crippen MR) is 76.4 cm³/mol. The SMILES string of the molecule is Cc1nc2ccccc2n1CCNC(=O)[C@@H]1C[C@H]1[N+](=O)[O-]. The topological polar surface area (TPSA) is 90.1 Å². The van der Waals surface area contributed by atoms with Gasteiger partial charge in [-0.15, -0.1) is 0 Å². The fourth-order valence-electron chi connectivity index (χ4n) is 2.60. The number of aryl methyl sites for hydroxylation is 1. The van der Waals surface area contributed by atoms with Gasteiger partial charge in [0.25, 0.3) is 0 Å². The average Bonchev–Trinajstić information content (AvgIpc) is 3.19. The molecule has 1 saturated carbocycles. The number of fused-ring (bicyclic) bond motifs is 1. The molecule has 2 atom stereocenters. The Hall–Kier alpha value is -2.44. The van der Waals surface area contributed by atoms with Gasteiger partial charge < -0.3 is 9.88 Å². The molecule has 1 aliphatic carbocycles. The van der Waals surface area contributed by atoms with Crippen LogP contribution in [0.3, 0.4) is 0 Å². The Morgan fingerprint density at radius 1 is 1.52 bits per heavy atom. The maximum absolute atomic E-state index is 11.8. The normalized spacial score (nSPS) is 20.4. The van der Waals surface area contributed by atoms with E-state index in [1.54, 1.807) is 0 Å². The van der Waals surface area contributed by atoms with Crippen LogP contribution in [-0.4, -0.2) is 33.0 Å². The fourth-order valence-corrected chi connectivity index (χ4v) is 2.60. The summed E-state index contributed by atoms with van der Waals surface area (Å²) in [4.78, 5) is 26.4. The molecule has 1 heterocycles. The number of nitrogens with one attached hydrogen (secondary N) is 1. The summed E-state index contributed by atoms with van der Waals surface area (Å²) in [5, 5.41) is 13.3. The van der Waals surface area contributed by atoms with Crippen LogP contribution in [0.25, 0.3) is 11.0 Å². The molecule has 1 aliphatic rings. The third-order valence-electron chi connectivity index (χ3n) is 3.84. The number of benzene rings is 1. The number of carbonyl (C=O) groups excluding carboxylic acids is 1. The van der Waals surface area contributed by atoms with Gasteiger partial charge in [0.2, 0.25) is 11.9 Å². The number of hydrogen-bond acceptors (Lipinski definition) is 4. The summed E-state index contributed by atoms with van der Waals surface area (Å²) in [6, 6.07) is 7.13.